The van der Waals surface area contributed by atoms with Gasteiger partial charge in [-0.15, -0.1) is 13.2 Å². The molecule has 0 saturated carbocycles. The molecule has 1 N–H and O–H groups in total. The fourth-order valence-electron chi connectivity index (χ4n) is 4.82. The van der Waals surface area contributed by atoms with Gasteiger partial charge in [-0.25, -0.2) is 8.42 Å². The van der Waals surface area contributed by atoms with Crippen molar-refractivity contribution in [3.63, 3.8) is 0 Å². The molecule has 0 radical (unpaired) electrons. The summed E-state index contributed by atoms with van der Waals surface area (Å²) < 4.78 is 72.8. The van der Waals surface area contributed by atoms with Gasteiger partial charge < -0.3 is 9.64 Å². The van der Waals surface area contributed by atoms with E-state index in [2.05, 4.69) is 19.3 Å². The third kappa shape index (κ3) is 7.32. The van der Waals surface area contributed by atoms with Crippen molar-refractivity contribution in [3.05, 3.63) is 94.1 Å². The number of sulfonamides is 1. The van der Waals surface area contributed by atoms with Crippen molar-refractivity contribution >= 4 is 55.7 Å². The minimum Gasteiger partial charge on any atom is -0.404 e. The van der Waals surface area contributed by atoms with E-state index in [0.29, 0.717) is 54.6 Å². The van der Waals surface area contributed by atoms with Crippen molar-refractivity contribution in [2.24, 2.45) is 0 Å². The summed E-state index contributed by atoms with van der Waals surface area (Å²) >= 11 is 12.4. The molecule has 1 aliphatic heterocycles. The van der Waals surface area contributed by atoms with Gasteiger partial charge in [-0.2, -0.15) is 0 Å². The number of pyridine rings is 1. The van der Waals surface area contributed by atoms with E-state index in [1.165, 1.54) is 29.3 Å². The first-order chi connectivity index (χ1) is 20.4. The fraction of sp³-hybridized carbons (Fsp3) is 0.241. The molecule has 1 aromatic heterocycles. The Labute approximate surface area is 256 Å². The van der Waals surface area contributed by atoms with Crippen LogP contribution < -0.4 is 9.46 Å². The normalized spacial score (nSPS) is 14.6. The van der Waals surface area contributed by atoms with Crippen LogP contribution in [0.1, 0.15) is 15.9 Å². The van der Waals surface area contributed by atoms with Gasteiger partial charge in [0, 0.05) is 49.9 Å². The van der Waals surface area contributed by atoms with Gasteiger partial charge >= 0.3 is 6.36 Å². The molecule has 4 aromatic rings. The van der Waals surface area contributed by atoms with Crippen LogP contribution in [0.15, 0.2) is 77.8 Å². The number of benzene rings is 3. The predicted octanol–water partition coefficient (Wildman–Crippen LogP) is 6.24. The summed E-state index contributed by atoms with van der Waals surface area (Å²) in [6.45, 7) is 2.48. The van der Waals surface area contributed by atoms with Crippen LogP contribution in [0.25, 0.3) is 10.9 Å². The number of fused-ring (bicyclic) bond motifs is 1. The van der Waals surface area contributed by atoms with Crippen LogP contribution >= 0.6 is 23.2 Å². The Bertz CT molecular complexity index is 1760. The molecule has 43 heavy (non-hydrogen) atoms. The Morgan fingerprint density at radius 2 is 1.70 bits per heavy atom. The third-order valence-corrected chi connectivity index (χ3v) is 9.23. The van der Waals surface area contributed by atoms with Crippen molar-refractivity contribution in [1.29, 1.82) is 0 Å². The predicted molar refractivity (Wildman–Crippen MR) is 158 cm³/mol. The molecule has 1 amide bonds. The number of amides is 1. The molecule has 0 aliphatic carbocycles. The highest BCUT2D eigenvalue weighted by molar-refractivity contribution is 7.93. The first kappa shape index (κ1) is 30.9. The number of ether oxygens (including phenoxy) is 1. The minimum absolute atomic E-state index is 0.0758. The number of rotatable bonds is 8. The molecule has 0 unspecified atom stereocenters. The van der Waals surface area contributed by atoms with Crippen molar-refractivity contribution in [2.45, 2.75) is 17.7 Å². The summed E-state index contributed by atoms with van der Waals surface area (Å²) in [5.74, 6) is -1.36. The van der Waals surface area contributed by atoms with E-state index in [1.54, 1.807) is 24.3 Å². The van der Waals surface area contributed by atoms with Gasteiger partial charge in [0.1, 0.15) is 4.90 Å². The molecule has 3 aromatic carbocycles. The molecule has 1 aliphatic rings. The van der Waals surface area contributed by atoms with E-state index in [9.17, 15) is 26.4 Å². The van der Waals surface area contributed by atoms with Crippen LogP contribution in [0.4, 0.5) is 18.9 Å². The minimum atomic E-state index is -5.14. The van der Waals surface area contributed by atoms with E-state index in [-0.39, 0.29) is 16.0 Å². The Morgan fingerprint density at radius 1 is 0.977 bits per heavy atom. The zero-order chi connectivity index (χ0) is 30.8. The van der Waals surface area contributed by atoms with Crippen LogP contribution in [0.5, 0.6) is 5.75 Å². The van der Waals surface area contributed by atoms with E-state index < -0.39 is 33.7 Å². The third-order valence-electron chi connectivity index (χ3n) is 6.97. The number of alkyl halides is 3. The summed E-state index contributed by atoms with van der Waals surface area (Å²) in [6.07, 6.45) is -3.06. The number of piperazine rings is 1. The second-order valence-electron chi connectivity index (χ2n) is 9.79. The van der Waals surface area contributed by atoms with Crippen molar-refractivity contribution < 1.29 is 31.1 Å². The highest BCUT2D eigenvalue weighted by Gasteiger charge is 2.34. The summed E-state index contributed by atoms with van der Waals surface area (Å²) in [7, 11) is -4.38. The highest BCUT2D eigenvalue weighted by Crippen LogP contribution is 2.34. The number of hydrogen-bond acceptors (Lipinski definition) is 6. The van der Waals surface area contributed by atoms with Gasteiger partial charge in [0.15, 0.2) is 5.75 Å². The summed E-state index contributed by atoms with van der Waals surface area (Å²) in [4.78, 5) is 20.8. The average Bonchev–Trinajstić information content (AvgIpc) is 2.97. The van der Waals surface area contributed by atoms with Gasteiger partial charge in [-0.3, -0.25) is 19.4 Å². The van der Waals surface area contributed by atoms with Crippen LogP contribution in [0.2, 0.25) is 10.0 Å². The molecule has 14 heteroatoms. The molecule has 0 spiro atoms. The Morgan fingerprint density at radius 3 is 2.44 bits per heavy atom. The molecular weight excluding hydrogens is 628 g/mol. The van der Waals surface area contributed by atoms with E-state index >= 15 is 0 Å². The zero-order valence-corrected chi connectivity index (χ0v) is 24.8. The maximum absolute atomic E-state index is 13.3. The smallest absolute Gasteiger partial charge is 0.404 e. The molecule has 1 fully saturated rings. The topological polar surface area (TPSA) is 91.8 Å². The number of nitrogens with one attached hydrogen (secondary N) is 1. The lowest BCUT2D eigenvalue weighted by Gasteiger charge is -2.35. The largest absolute Gasteiger partial charge is 0.573 e. The number of halogens is 5. The number of carbonyl (C=O) groups excluding carboxylic acids is 1. The number of carbonyl (C=O) groups is 1. The van der Waals surface area contributed by atoms with Crippen LogP contribution in [0.3, 0.4) is 0 Å². The lowest BCUT2D eigenvalue weighted by molar-refractivity contribution is -0.274. The lowest BCUT2D eigenvalue weighted by Crippen LogP contribution is -2.49. The molecule has 226 valence electrons. The molecule has 5 rings (SSSR count). The summed E-state index contributed by atoms with van der Waals surface area (Å²) in [5, 5.41) is 1.52. The van der Waals surface area contributed by atoms with Gasteiger partial charge in [-0.05, 0) is 48.4 Å². The van der Waals surface area contributed by atoms with Crippen molar-refractivity contribution in [1.82, 2.24) is 14.8 Å². The molecule has 1 saturated heterocycles. The molecule has 8 nitrogen and oxygen atoms in total. The molecule has 0 bridgehead atoms. The quantitative estimate of drug-likeness (QED) is 0.242. The molecule has 0 atom stereocenters. The first-order valence-corrected chi connectivity index (χ1v) is 15.4. The van der Waals surface area contributed by atoms with Gasteiger partial charge in [-0.1, -0.05) is 53.5 Å². The Hall–Kier alpha value is -3.58. The average molecular weight is 654 g/mol. The molecule has 2 heterocycles. The maximum atomic E-state index is 13.3. The second-order valence-corrected chi connectivity index (χ2v) is 12.2. The summed E-state index contributed by atoms with van der Waals surface area (Å²) in [6, 6.07) is 16.4. The Balaban J connectivity index is 1.30. The van der Waals surface area contributed by atoms with Gasteiger partial charge in [0.05, 0.1) is 21.2 Å². The van der Waals surface area contributed by atoms with Gasteiger partial charge in [0.25, 0.3) is 15.9 Å². The van der Waals surface area contributed by atoms with Crippen LogP contribution in [-0.4, -0.2) is 68.2 Å². The van der Waals surface area contributed by atoms with Gasteiger partial charge in [0.2, 0.25) is 0 Å². The van der Waals surface area contributed by atoms with Crippen molar-refractivity contribution in [2.75, 3.05) is 37.4 Å². The number of aromatic nitrogens is 1. The standard InChI is InChI=1S/C29H25Cl2F3N4O4S/c30-22-7-1-4-19(26(22)31)11-13-37-14-16-38(17-15-37)28(39)21-9-10-23(24(18-21)42-29(32,33)34)36-43(40,41)25-8-2-5-20-6-3-12-35-27(20)25/h1-10,12,18,36H,11,13-17H2. The van der Waals surface area contributed by atoms with E-state index in [0.717, 1.165) is 17.7 Å². The SMILES string of the molecule is O=C(c1ccc(NS(=O)(=O)c2cccc3cccnc23)c(OC(F)(F)F)c1)N1CCN(CCc2cccc(Cl)c2Cl)CC1. The summed E-state index contributed by atoms with van der Waals surface area (Å²) in [5.41, 5.74) is 0.508. The number of nitrogens with zero attached hydrogens (tertiary/aromatic N) is 3. The van der Waals surface area contributed by atoms with E-state index in [1.807, 2.05) is 12.1 Å². The lowest BCUT2D eigenvalue weighted by atomic mass is 10.1. The van der Waals surface area contributed by atoms with Crippen molar-refractivity contribution in [3.8, 4) is 5.75 Å². The monoisotopic (exact) mass is 652 g/mol. The fourth-order valence-corrected chi connectivity index (χ4v) is 6.48. The number of hydrogen-bond donors (Lipinski definition) is 1. The highest BCUT2D eigenvalue weighted by atomic mass is 35.5. The first-order valence-electron chi connectivity index (χ1n) is 13.1. The Kier molecular flexibility index (Phi) is 9.02. The van der Waals surface area contributed by atoms with Crippen LogP contribution in [0, 0.1) is 0 Å². The van der Waals surface area contributed by atoms with Crippen LogP contribution in [-0.2, 0) is 16.4 Å². The zero-order valence-electron chi connectivity index (χ0n) is 22.4. The number of para-hydroxylation sites is 1. The maximum Gasteiger partial charge on any atom is 0.573 e. The number of anilines is 1. The molecular formula is C29H25Cl2F3N4O4S. The second kappa shape index (κ2) is 12.6. The van der Waals surface area contributed by atoms with E-state index in [4.69, 9.17) is 23.2 Å².